The molecule has 0 spiro atoms. The third-order valence-electron chi connectivity index (χ3n) is 2.75. The first-order chi connectivity index (χ1) is 5.98. The average Bonchev–Trinajstić information content (AvgIpc) is 2.66. The van der Waals surface area contributed by atoms with Gasteiger partial charge in [-0.25, -0.2) is 0 Å². The molecule has 13 heavy (non-hydrogen) atoms. The molecule has 4 atom stereocenters. The van der Waals surface area contributed by atoms with Gasteiger partial charge in [-0.15, -0.1) is 0 Å². The summed E-state index contributed by atoms with van der Waals surface area (Å²) in [5, 5.41) is 17.4. The number of carboxylic acids is 2. The van der Waals surface area contributed by atoms with Crippen molar-refractivity contribution in [1.29, 1.82) is 0 Å². The van der Waals surface area contributed by atoms with E-state index in [9.17, 15) is 9.59 Å². The largest absolute Gasteiger partial charge is 0.481 e. The van der Waals surface area contributed by atoms with Gasteiger partial charge in [0.15, 0.2) is 0 Å². The smallest absolute Gasteiger partial charge is 0.326 e. The second-order valence-electron chi connectivity index (χ2n) is 3.51. The molecule has 2 fully saturated rings. The minimum atomic E-state index is -1.51. The summed E-state index contributed by atoms with van der Waals surface area (Å²) in [6.07, 6.45) is -0.501. The van der Waals surface area contributed by atoms with E-state index >= 15 is 0 Å². The molecule has 2 aliphatic rings. The normalized spacial score (nSPS) is 47.0. The fourth-order valence-corrected chi connectivity index (χ4v) is 1.93. The molecular formula is C7H9NO5. The lowest BCUT2D eigenvalue weighted by molar-refractivity contribution is -0.147. The summed E-state index contributed by atoms with van der Waals surface area (Å²) in [5.74, 6) is -3.54. The molecule has 6 nitrogen and oxygen atoms in total. The van der Waals surface area contributed by atoms with E-state index in [1.54, 1.807) is 0 Å². The average molecular weight is 187 g/mol. The number of fused-ring (bicyclic) bond motifs is 1. The Labute approximate surface area is 73.3 Å². The molecule has 4 N–H and O–H groups in total. The molecule has 1 saturated heterocycles. The maximum Gasteiger partial charge on any atom is 0.326 e. The van der Waals surface area contributed by atoms with E-state index in [0.29, 0.717) is 0 Å². The van der Waals surface area contributed by atoms with Gasteiger partial charge in [0.25, 0.3) is 0 Å². The molecule has 1 saturated carbocycles. The molecule has 0 radical (unpaired) electrons. The third-order valence-corrected chi connectivity index (χ3v) is 2.75. The molecule has 0 unspecified atom stereocenters. The van der Waals surface area contributed by atoms with Crippen molar-refractivity contribution in [1.82, 2.24) is 0 Å². The van der Waals surface area contributed by atoms with Crippen LogP contribution >= 0.6 is 0 Å². The Kier molecular flexibility index (Phi) is 1.44. The molecule has 1 heterocycles. The first kappa shape index (κ1) is 8.46. The number of carboxylic acid groups (broad SMARTS) is 2. The SMILES string of the molecule is N[C@@]1(C(=O)O)CO[C@H]2[C@@H](C(=O)O)[C@@H]21. The van der Waals surface area contributed by atoms with Gasteiger partial charge in [0.05, 0.1) is 18.6 Å². The van der Waals surface area contributed by atoms with E-state index in [0.717, 1.165) is 0 Å². The fraction of sp³-hybridized carbons (Fsp3) is 0.714. The first-order valence-electron chi connectivity index (χ1n) is 3.85. The second kappa shape index (κ2) is 2.21. The summed E-state index contributed by atoms with van der Waals surface area (Å²) >= 11 is 0. The van der Waals surface area contributed by atoms with Crippen molar-refractivity contribution >= 4 is 11.9 Å². The van der Waals surface area contributed by atoms with Crippen LogP contribution in [0, 0.1) is 11.8 Å². The summed E-state index contributed by atoms with van der Waals surface area (Å²) in [7, 11) is 0. The lowest BCUT2D eigenvalue weighted by Gasteiger charge is -2.19. The predicted octanol–water partition coefficient (Wildman–Crippen LogP) is -1.50. The molecule has 0 bridgehead atoms. The van der Waals surface area contributed by atoms with E-state index in [1.165, 1.54) is 0 Å². The Morgan fingerprint density at radius 2 is 2.08 bits per heavy atom. The number of ether oxygens (including phenoxy) is 1. The molecule has 72 valence electrons. The highest BCUT2D eigenvalue weighted by Gasteiger charge is 2.72. The Morgan fingerprint density at radius 3 is 2.46 bits per heavy atom. The number of nitrogens with two attached hydrogens (primary N) is 1. The molecule has 1 aliphatic carbocycles. The van der Waals surface area contributed by atoms with Crippen molar-refractivity contribution in [3.05, 3.63) is 0 Å². The predicted molar refractivity (Wildman–Crippen MR) is 38.9 cm³/mol. The molecule has 0 aromatic carbocycles. The van der Waals surface area contributed by atoms with Crippen molar-refractivity contribution < 1.29 is 24.5 Å². The maximum absolute atomic E-state index is 10.7. The summed E-state index contributed by atoms with van der Waals surface area (Å²) in [4.78, 5) is 21.3. The molecule has 1 aliphatic heterocycles. The minimum Gasteiger partial charge on any atom is -0.481 e. The molecule has 2 rings (SSSR count). The summed E-state index contributed by atoms with van der Waals surface area (Å²) < 4.78 is 4.99. The molecule has 0 amide bonds. The maximum atomic E-state index is 10.7. The van der Waals surface area contributed by atoms with Crippen LogP contribution in [0.25, 0.3) is 0 Å². The van der Waals surface area contributed by atoms with Gasteiger partial charge < -0.3 is 20.7 Å². The molecule has 0 aromatic rings. The number of rotatable bonds is 2. The van der Waals surface area contributed by atoms with Crippen LogP contribution < -0.4 is 5.73 Å². The minimum absolute atomic E-state index is 0.0958. The summed E-state index contributed by atoms with van der Waals surface area (Å²) in [5.41, 5.74) is 4.02. The Balaban J connectivity index is 2.20. The summed E-state index contributed by atoms with van der Waals surface area (Å²) in [6, 6.07) is 0. The molecular weight excluding hydrogens is 178 g/mol. The van der Waals surface area contributed by atoms with Gasteiger partial charge in [0.2, 0.25) is 0 Å². The Morgan fingerprint density at radius 1 is 1.46 bits per heavy atom. The quantitative estimate of drug-likeness (QED) is 0.485. The van der Waals surface area contributed by atoms with Gasteiger partial charge in [-0.3, -0.25) is 9.59 Å². The topological polar surface area (TPSA) is 110 Å². The van der Waals surface area contributed by atoms with Crippen LogP contribution in [0.3, 0.4) is 0 Å². The summed E-state index contributed by atoms with van der Waals surface area (Å²) in [6.45, 7) is -0.0958. The monoisotopic (exact) mass is 187 g/mol. The Hall–Kier alpha value is -1.14. The van der Waals surface area contributed by atoms with Crippen LogP contribution in [0.4, 0.5) is 0 Å². The number of aliphatic carboxylic acids is 2. The van der Waals surface area contributed by atoms with Crippen LogP contribution in [0.1, 0.15) is 0 Å². The Bertz CT molecular complexity index is 291. The van der Waals surface area contributed by atoms with Crippen molar-refractivity contribution in [3.8, 4) is 0 Å². The van der Waals surface area contributed by atoms with E-state index < -0.39 is 35.4 Å². The van der Waals surface area contributed by atoms with Crippen molar-refractivity contribution in [2.24, 2.45) is 17.6 Å². The highest BCUT2D eigenvalue weighted by Crippen LogP contribution is 2.53. The zero-order valence-corrected chi connectivity index (χ0v) is 6.64. The van der Waals surface area contributed by atoms with Gasteiger partial charge in [-0.2, -0.15) is 0 Å². The highest BCUT2D eigenvalue weighted by atomic mass is 16.5. The van der Waals surface area contributed by atoms with E-state index in [-0.39, 0.29) is 6.61 Å². The van der Waals surface area contributed by atoms with E-state index in [2.05, 4.69) is 0 Å². The van der Waals surface area contributed by atoms with E-state index in [1.807, 2.05) is 0 Å². The lowest BCUT2D eigenvalue weighted by atomic mass is 9.95. The van der Waals surface area contributed by atoms with Gasteiger partial charge >= 0.3 is 11.9 Å². The standard InChI is InChI=1S/C7H9NO5/c8-7(6(11)12)1-13-4-2(3(4)7)5(9)10/h2-4H,1,8H2,(H,9,10)(H,11,12)/t2-,3-,4-,7-/m0/s1. The van der Waals surface area contributed by atoms with Crippen LogP contribution in [0.5, 0.6) is 0 Å². The van der Waals surface area contributed by atoms with Crippen LogP contribution in [-0.4, -0.2) is 40.4 Å². The fourth-order valence-electron chi connectivity index (χ4n) is 1.93. The van der Waals surface area contributed by atoms with Crippen molar-refractivity contribution in [3.63, 3.8) is 0 Å². The number of hydrogen-bond acceptors (Lipinski definition) is 4. The zero-order chi connectivity index (χ0) is 9.80. The van der Waals surface area contributed by atoms with Crippen molar-refractivity contribution in [2.45, 2.75) is 11.6 Å². The lowest BCUT2D eigenvalue weighted by Crippen LogP contribution is -2.52. The van der Waals surface area contributed by atoms with Gasteiger partial charge in [-0.1, -0.05) is 0 Å². The third kappa shape index (κ3) is 0.895. The van der Waals surface area contributed by atoms with Crippen LogP contribution in [0.2, 0.25) is 0 Å². The second-order valence-corrected chi connectivity index (χ2v) is 3.51. The van der Waals surface area contributed by atoms with Crippen molar-refractivity contribution in [2.75, 3.05) is 6.61 Å². The highest BCUT2D eigenvalue weighted by molar-refractivity contribution is 5.85. The molecule has 6 heteroatoms. The van der Waals surface area contributed by atoms with Crippen LogP contribution in [0.15, 0.2) is 0 Å². The van der Waals surface area contributed by atoms with Crippen LogP contribution in [-0.2, 0) is 14.3 Å². The van der Waals surface area contributed by atoms with Gasteiger partial charge in [0, 0.05) is 5.92 Å². The zero-order valence-electron chi connectivity index (χ0n) is 6.64. The van der Waals surface area contributed by atoms with Gasteiger partial charge in [-0.05, 0) is 0 Å². The van der Waals surface area contributed by atoms with Gasteiger partial charge in [0.1, 0.15) is 5.54 Å². The number of carbonyl (C=O) groups is 2. The number of hydrogen-bond donors (Lipinski definition) is 3. The molecule has 0 aromatic heterocycles. The first-order valence-corrected chi connectivity index (χ1v) is 3.85. The van der Waals surface area contributed by atoms with E-state index in [4.69, 9.17) is 20.7 Å².